The van der Waals surface area contributed by atoms with Crippen LogP contribution in [-0.2, 0) is 4.74 Å². The van der Waals surface area contributed by atoms with E-state index in [0.29, 0.717) is 43.1 Å². The van der Waals surface area contributed by atoms with Gasteiger partial charge in [0, 0.05) is 36.5 Å². The molecule has 0 unspecified atom stereocenters. The molecule has 0 saturated carbocycles. The van der Waals surface area contributed by atoms with Crippen molar-refractivity contribution in [3.05, 3.63) is 34.9 Å². The molecule has 0 radical (unpaired) electrons. The summed E-state index contributed by atoms with van der Waals surface area (Å²) < 4.78 is 5.33. The van der Waals surface area contributed by atoms with E-state index in [2.05, 4.69) is 5.32 Å². The second kappa shape index (κ2) is 4.98. The molecule has 1 spiro atoms. The third-order valence-corrected chi connectivity index (χ3v) is 4.13. The Hall–Kier alpha value is -1.75. The summed E-state index contributed by atoms with van der Waals surface area (Å²) in [6.45, 7) is 1.70. The molecule has 106 valence electrons. The number of benzene rings is 1. The summed E-state index contributed by atoms with van der Waals surface area (Å²) in [5.41, 5.74) is 0.164. The maximum absolute atomic E-state index is 12.4. The number of carbonyl (C=O) groups excluding carboxylic acids is 2. The highest BCUT2D eigenvalue weighted by Gasteiger charge is 2.43. The van der Waals surface area contributed by atoms with Crippen LogP contribution in [0.15, 0.2) is 24.3 Å². The van der Waals surface area contributed by atoms with Gasteiger partial charge in [0.05, 0.1) is 6.54 Å². The fourth-order valence-corrected chi connectivity index (χ4v) is 2.89. The molecular weight excluding hydrogens is 280 g/mol. The van der Waals surface area contributed by atoms with E-state index in [1.165, 1.54) is 0 Å². The number of piperidine rings is 1. The number of carbonyl (C=O) groups is 2. The van der Waals surface area contributed by atoms with Crippen LogP contribution in [0.5, 0.6) is 0 Å². The second-order valence-corrected chi connectivity index (χ2v) is 5.67. The zero-order valence-corrected chi connectivity index (χ0v) is 11.7. The van der Waals surface area contributed by atoms with E-state index in [0.717, 1.165) is 0 Å². The molecule has 2 heterocycles. The van der Waals surface area contributed by atoms with Crippen LogP contribution in [0.25, 0.3) is 0 Å². The summed E-state index contributed by atoms with van der Waals surface area (Å²) in [6, 6.07) is 6.94. The minimum Gasteiger partial charge on any atom is -0.441 e. The Labute approximate surface area is 121 Å². The molecule has 3 rings (SSSR count). The number of likely N-dealkylation sites (tertiary alicyclic amines) is 1. The van der Waals surface area contributed by atoms with Crippen molar-refractivity contribution in [3.8, 4) is 0 Å². The lowest BCUT2D eigenvalue weighted by atomic mass is 9.91. The van der Waals surface area contributed by atoms with Gasteiger partial charge >= 0.3 is 6.09 Å². The highest BCUT2D eigenvalue weighted by Crippen LogP contribution is 2.29. The van der Waals surface area contributed by atoms with E-state index in [4.69, 9.17) is 16.3 Å². The third kappa shape index (κ3) is 2.45. The fourth-order valence-electron chi connectivity index (χ4n) is 2.70. The first kappa shape index (κ1) is 13.2. The Morgan fingerprint density at radius 1 is 1.35 bits per heavy atom. The number of amides is 2. The molecule has 20 heavy (non-hydrogen) atoms. The van der Waals surface area contributed by atoms with Gasteiger partial charge in [-0.3, -0.25) is 4.79 Å². The fraction of sp³-hybridized carbons (Fsp3) is 0.429. The van der Waals surface area contributed by atoms with Gasteiger partial charge in [0.2, 0.25) is 0 Å². The third-order valence-electron chi connectivity index (χ3n) is 3.90. The molecule has 6 heteroatoms. The normalized spacial score (nSPS) is 20.6. The van der Waals surface area contributed by atoms with E-state index >= 15 is 0 Å². The number of halogens is 1. The van der Waals surface area contributed by atoms with Gasteiger partial charge < -0.3 is 15.0 Å². The zero-order valence-electron chi connectivity index (χ0n) is 10.9. The van der Waals surface area contributed by atoms with E-state index in [1.54, 1.807) is 29.2 Å². The molecule has 0 atom stereocenters. The van der Waals surface area contributed by atoms with Crippen LogP contribution >= 0.6 is 11.6 Å². The standard InChI is InChI=1S/C14H15ClN2O3/c15-11-3-1-2-10(8-11)12(18)17-6-4-14(5-7-17)9-16-13(19)20-14/h1-3,8H,4-7,9H2,(H,16,19). The predicted molar refractivity (Wildman–Crippen MR) is 73.8 cm³/mol. The predicted octanol–water partition coefficient (Wildman–Crippen LogP) is 2.05. The van der Waals surface area contributed by atoms with Crippen molar-refractivity contribution >= 4 is 23.6 Å². The van der Waals surface area contributed by atoms with Gasteiger partial charge in [0.15, 0.2) is 0 Å². The first-order valence-corrected chi connectivity index (χ1v) is 6.98. The van der Waals surface area contributed by atoms with Crippen molar-refractivity contribution < 1.29 is 14.3 Å². The Balaban J connectivity index is 1.66. The molecule has 2 aliphatic rings. The molecule has 2 fully saturated rings. The van der Waals surface area contributed by atoms with Crippen LogP contribution in [0.4, 0.5) is 4.79 Å². The lowest BCUT2D eigenvalue weighted by Crippen LogP contribution is -2.48. The van der Waals surface area contributed by atoms with Gasteiger partial charge in [-0.1, -0.05) is 17.7 Å². The van der Waals surface area contributed by atoms with Gasteiger partial charge in [-0.05, 0) is 18.2 Å². The topological polar surface area (TPSA) is 58.6 Å². The molecule has 0 aliphatic carbocycles. The first-order valence-electron chi connectivity index (χ1n) is 6.60. The summed E-state index contributed by atoms with van der Waals surface area (Å²) >= 11 is 5.91. The number of hydrogen-bond acceptors (Lipinski definition) is 3. The lowest BCUT2D eigenvalue weighted by molar-refractivity contribution is 0.00331. The minimum absolute atomic E-state index is 0.0281. The van der Waals surface area contributed by atoms with Crippen molar-refractivity contribution in [3.63, 3.8) is 0 Å². The van der Waals surface area contributed by atoms with Crippen LogP contribution in [-0.4, -0.2) is 42.1 Å². The van der Waals surface area contributed by atoms with Crippen molar-refractivity contribution in [1.29, 1.82) is 0 Å². The van der Waals surface area contributed by atoms with Crippen LogP contribution in [0.3, 0.4) is 0 Å². The summed E-state index contributed by atoms with van der Waals surface area (Å²) in [4.78, 5) is 25.3. The molecule has 0 aromatic heterocycles. The second-order valence-electron chi connectivity index (χ2n) is 5.23. The lowest BCUT2D eigenvalue weighted by Gasteiger charge is -2.37. The van der Waals surface area contributed by atoms with Crippen LogP contribution in [0.2, 0.25) is 5.02 Å². The van der Waals surface area contributed by atoms with E-state index in [-0.39, 0.29) is 12.0 Å². The van der Waals surface area contributed by atoms with E-state index in [9.17, 15) is 9.59 Å². The maximum Gasteiger partial charge on any atom is 0.407 e. The van der Waals surface area contributed by atoms with Crippen molar-refractivity contribution in [1.82, 2.24) is 10.2 Å². The maximum atomic E-state index is 12.4. The SMILES string of the molecule is O=C1NCC2(CCN(C(=O)c3cccc(Cl)c3)CC2)O1. The van der Waals surface area contributed by atoms with Crippen LogP contribution < -0.4 is 5.32 Å². The van der Waals surface area contributed by atoms with E-state index in [1.807, 2.05) is 0 Å². The smallest absolute Gasteiger partial charge is 0.407 e. The number of hydrogen-bond donors (Lipinski definition) is 1. The largest absolute Gasteiger partial charge is 0.441 e. The van der Waals surface area contributed by atoms with Crippen LogP contribution in [0, 0.1) is 0 Å². The Kier molecular flexibility index (Phi) is 3.30. The minimum atomic E-state index is -0.428. The summed E-state index contributed by atoms with van der Waals surface area (Å²) in [6.07, 6.45) is 0.968. The molecule has 5 nitrogen and oxygen atoms in total. The number of rotatable bonds is 1. The average molecular weight is 295 g/mol. The average Bonchev–Trinajstić information content (AvgIpc) is 2.80. The molecule has 0 bridgehead atoms. The monoisotopic (exact) mass is 294 g/mol. The van der Waals surface area contributed by atoms with Gasteiger partial charge in [-0.15, -0.1) is 0 Å². The first-order chi connectivity index (χ1) is 9.58. The van der Waals surface area contributed by atoms with Gasteiger partial charge in [0.25, 0.3) is 5.91 Å². The van der Waals surface area contributed by atoms with Crippen molar-refractivity contribution in [2.24, 2.45) is 0 Å². The van der Waals surface area contributed by atoms with Gasteiger partial charge in [-0.25, -0.2) is 4.79 Å². The highest BCUT2D eigenvalue weighted by molar-refractivity contribution is 6.30. The summed E-state index contributed by atoms with van der Waals surface area (Å²) in [5.74, 6) is -0.0281. The molecular formula is C14H15ClN2O3. The molecule has 1 aromatic rings. The van der Waals surface area contributed by atoms with Crippen LogP contribution in [0.1, 0.15) is 23.2 Å². The summed E-state index contributed by atoms with van der Waals surface area (Å²) in [5, 5.41) is 3.24. The van der Waals surface area contributed by atoms with Crippen molar-refractivity contribution in [2.45, 2.75) is 18.4 Å². The number of nitrogens with one attached hydrogen (secondary N) is 1. The van der Waals surface area contributed by atoms with Crippen molar-refractivity contribution in [2.75, 3.05) is 19.6 Å². The Morgan fingerprint density at radius 2 is 2.10 bits per heavy atom. The quantitative estimate of drug-likeness (QED) is 0.862. The summed E-state index contributed by atoms with van der Waals surface area (Å²) in [7, 11) is 0. The molecule has 2 saturated heterocycles. The van der Waals surface area contributed by atoms with Gasteiger partial charge in [0.1, 0.15) is 5.60 Å². The number of ether oxygens (including phenoxy) is 1. The van der Waals surface area contributed by atoms with E-state index < -0.39 is 5.60 Å². The molecule has 2 amide bonds. The van der Waals surface area contributed by atoms with Gasteiger partial charge in [-0.2, -0.15) is 0 Å². The molecule has 1 N–H and O–H groups in total. The Bertz CT molecular complexity index is 553. The highest BCUT2D eigenvalue weighted by atomic mass is 35.5. The molecule has 1 aromatic carbocycles. The Morgan fingerprint density at radius 3 is 2.70 bits per heavy atom. The molecule has 2 aliphatic heterocycles. The number of nitrogens with zero attached hydrogens (tertiary/aromatic N) is 1. The number of alkyl carbamates (subject to hydrolysis) is 1. The zero-order chi connectivity index (χ0) is 14.2.